The summed E-state index contributed by atoms with van der Waals surface area (Å²) in [4.78, 5) is 0. The summed E-state index contributed by atoms with van der Waals surface area (Å²) in [6.45, 7) is 4.33. The minimum Gasteiger partial charge on any atom is -0.420 e. The molecular formula is C9H24O4Si2. The third-order valence-electron chi connectivity index (χ3n) is 3.19. The van der Waals surface area contributed by atoms with Crippen molar-refractivity contribution in [1.82, 2.24) is 0 Å². The van der Waals surface area contributed by atoms with Crippen LogP contribution in [0.15, 0.2) is 0 Å². The van der Waals surface area contributed by atoms with Crippen molar-refractivity contribution < 1.29 is 17.7 Å². The molecule has 0 bridgehead atoms. The van der Waals surface area contributed by atoms with E-state index in [4.69, 9.17) is 17.7 Å². The molecule has 92 valence electrons. The van der Waals surface area contributed by atoms with Crippen LogP contribution in [-0.4, -0.2) is 45.6 Å². The topological polar surface area (TPSA) is 36.9 Å². The van der Waals surface area contributed by atoms with Crippen LogP contribution in [0.5, 0.6) is 0 Å². The summed E-state index contributed by atoms with van der Waals surface area (Å²) in [5, 5.41) is 0. The van der Waals surface area contributed by atoms with Crippen LogP contribution in [0, 0.1) is 0 Å². The molecule has 0 unspecified atom stereocenters. The van der Waals surface area contributed by atoms with Gasteiger partial charge in [-0.25, -0.2) is 0 Å². The smallest absolute Gasteiger partial charge is 0.420 e. The normalized spacial score (nSPS) is 13.2. The van der Waals surface area contributed by atoms with Crippen LogP contribution in [0.3, 0.4) is 0 Å². The van der Waals surface area contributed by atoms with E-state index in [2.05, 4.69) is 13.8 Å². The quantitative estimate of drug-likeness (QED) is 0.620. The lowest BCUT2D eigenvalue weighted by molar-refractivity contribution is 0.127. The van der Waals surface area contributed by atoms with Gasteiger partial charge in [0.1, 0.15) is 0 Å². The van der Waals surface area contributed by atoms with Gasteiger partial charge < -0.3 is 17.7 Å². The van der Waals surface area contributed by atoms with Crippen molar-refractivity contribution in [3.05, 3.63) is 0 Å². The average Bonchev–Trinajstić information content (AvgIpc) is 2.33. The summed E-state index contributed by atoms with van der Waals surface area (Å²) in [5.41, 5.74) is 0.826. The highest BCUT2D eigenvalue weighted by molar-refractivity contribution is 6.86. The van der Waals surface area contributed by atoms with Gasteiger partial charge in [-0.3, -0.25) is 0 Å². The summed E-state index contributed by atoms with van der Waals surface area (Å²) in [6, 6.07) is 2.12. The molecule has 0 N–H and O–H groups in total. The van der Waals surface area contributed by atoms with E-state index in [9.17, 15) is 0 Å². The standard InChI is InChI=1S/C9H24O4Si2/c1-7-14(8-2,10-3)9-15(11-4,12-5)13-6/h7-9H2,1-6H3. The summed E-state index contributed by atoms with van der Waals surface area (Å²) in [6.07, 6.45) is 0. The van der Waals surface area contributed by atoms with E-state index in [1.165, 1.54) is 0 Å². The van der Waals surface area contributed by atoms with Crippen molar-refractivity contribution in [3.63, 3.8) is 0 Å². The lowest BCUT2D eigenvalue weighted by Crippen LogP contribution is -2.52. The van der Waals surface area contributed by atoms with Crippen LogP contribution in [0.1, 0.15) is 13.8 Å². The average molecular weight is 252 g/mol. The molecule has 0 fully saturated rings. The first kappa shape index (κ1) is 15.3. The van der Waals surface area contributed by atoms with Crippen molar-refractivity contribution in [1.29, 1.82) is 0 Å². The third kappa shape index (κ3) is 3.65. The molecule has 0 amide bonds. The van der Waals surface area contributed by atoms with Crippen LogP contribution >= 0.6 is 0 Å². The first-order chi connectivity index (χ1) is 7.07. The highest BCUT2D eigenvalue weighted by atomic mass is 28.4. The maximum atomic E-state index is 5.73. The van der Waals surface area contributed by atoms with Gasteiger partial charge in [-0.05, 0) is 12.1 Å². The molecule has 0 spiro atoms. The van der Waals surface area contributed by atoms with Crippen molar-refractivity contribution in [2.75, 3.05) is 28.4 Å². The van der Waals surface area contributed by atoms with Crippen LogP contribution < -0.4 is 0 Å². The first-order valence-electron chi connectivity index (χ1n) is 5.28. The first-order valence-corrected chi connectivity index (χ1v) is 9.74. The summed E-state index contributed by atoms with van der Waals surface area (Å²) in [7, 11) is 2.54. The molecule has 0 rings (SSSR count). The van der Waals surface area contributed by atoms with Gasteiger partial charge in [-0.15, -0.1) is 0 Å². The zero-order valence-electron chi connectivity index (χ0n) is 10.8. The van der Waals surface area contributed by atoms with Gasteiger partial charge in [0.25, 0.3) is 0 Å². The number of hydrogen-bond acceptors (Lipinski definition) is 4. The molecule has 0 heterocycles. The summed E-state index contributed by atoms with van der Waals surface area (Å²) >= 11 is 0. The highest BCUT2D eigenvalue weighted by Gasteiger charge is 2.48. The van der Waals surface area contributed by atoms with Gasteiger partial charge in [-0.2, -0.15) is 0 Å². The summed E-state index contributed by atoms with van der Waals surface area (Å²) < 4.78 is 22.1. The van der Waals surface area contributed by atoms with E-state index >= 15 is 0 Å². The predicted molar refractivity (Wildman–Crippen MR) is 65.3 cm³/mol. The van der Waals surface area contributed by atoms with Gasteiger partial charge in [0.05, 0.1) is 0 Å². The Labute approximate surface area is 95.4 Å². The fraction of sp³-hybridized carbons (Fsp3) is 1.00. The van der Waals surface area contributed by atoms with Crippen LogP contribution in [0.25, 0.3) is 0 Å². The highest BCUT2D eigenvalue weighted by Crippen LogP contribution is 2.28. The van der Waals surface area contributed by atoms with Gasteiger partial charge in [0.15, 0.2) is 8.32 Å². The molecule has 0 radical (unpaired) electrons. The molecule has 0 saturated heterocycles. The van der Waals surface area contributed by atoms with Crippen LogP contribution in [0.4, 0.5) is 0 Å². The minimum absolute atomic E-state index is 0.826. The van der Waals surface area contributed by atoms with Crippen molar-refractivity contribution in [3.8, 4) is 0 Å². The van der Waals surface area contributed by atoms with Crippen molar-refractivity contribution in [2.45, 2.75) is 31.6 Å². The van der Waals surface area contributed by atoms with Gasteiger partial charge in [-0.1, -0.05) is 13.8 Å². The molecular weight excluding hydrogens is 228 g/mol. The molecule has 0 aliphatic carbocycles. The van der Waals surface area contributed by atoms with Crippen LogP contribution in [-0.2, 0) is 17.7 Å². The lowest BCUT2D eigenvalue weighted by Gasteiger charge is -2.34. The molecule has 6 heteroatoms. The van der Waals surface area contributed by atoms with E-state index in [1.807, 2.05) is 0 Å². The largest absolute Gasteiger partial charge is 0.499 e. The molecule has 0 aliphatic heterocycles. The van der Waals surface area contributed by atoms with E-state index in [0.29, 0.717) is 0 Å². The second kappa shape index (κ2) is 6.77. The SMILES string of the molecule is CC[Si](CC)(C[Si](OC)(OC)OC)OC. The lowest BCUT2D eigenvalue weighted by atomic mass is 10.9. The number of rotatable bonds is 8. The Balaban J connectivity index is 4.74. The zero-order valence-corrected chi connectivity index (χ0v) is 12.8. The van der Waals surface area contributed by atoms with Crippen molar-refractivity contribution in [2.24, 2.45) is 0 Å². The Kier molecular flexibility index (Phi) is 6.89. The van der Waals surface area contributed by atoms with Gasteiger partial charge in [0, 0.05) is 34.1 Å². The van der Waals surface area contributed by atoms with E-state index < -0.39 is 17.1 Å². The molecule has 15 heavy (non-hydrogen) atoms. The van der Waals surface area contributed by atoms with E-state index in [-0.39, 0.29) is 0 Å². The Morgan fingerprint density at radius 3 is 1.33 bits per heavy atom. The van der Waals surface area contributed by atoms with Crippen molar-refractivity contribution >= 4 is 17.1 Å². The fourth-order valence-electron chi connectivity index (χ4n) is 1.72. The molecule has 4 nitrogen and oxygen atoms in total. The molecule has 0 aromatic rings. The third-order valence-corrected chi connectivity index (χ3v) is 12.8. The summed E-state index contributed by atoms with van der Waals surface area (Å²) in [5.74, 6) is 0. The fourth-order valence-corrected chi connectivity index (χ4v) is 10.8. The second-order valence-electron chi connectivity index (χ2n) is 3.57. The van der Waals surface area contributed by atoms with Gasteiger partial charge >= 0.3 is 8.80 Å². The zero-order chi connectivity index (χ0) is 11.9. The monoisotopic (exact) mass is 252 g/mol. The maximum absolute atomic E-state index is 5.73. The molecule has 0 aromatic heterocycles. The molecule has 0 atom stereocenters. The second-order valence-corrected chi connectivity index (χ2v) is 11.8. The van der Waals surface area contributed by atoms with E-state index in [1.54, 1.807) is 28.4 Å². The van der Waals surface area contributed by atoms with Gasteiger partial charge in [0.2, 0.25) is 0 Å². The minimum atomic E-state index is -2.48. The van der Waals surface area contributed by atoms with Crippen LogP contribution in [0.2, 0.25) is 17.8 Å². The number of hydrogen-bond donors (Lipinski definition) is 0. The maximum Gasteiger partial charge on any atom is 0.499 e. The molecule has 0 saturated carbocycles. The Morgan fingerprint density at radius 2 is 1.13 bits per heavy atom. The molecule has 0 aliphatic rings. The Hall–Kier alpha value is 0.274. The Bertz CT molecular complexity index is 135. The molecule has 0 aromatic carbocycles. The van der Waals surface area contributed by atoms with E-state index in [0.717, 1.165) is 17.8 Å². The predicted octanol–water partition coefficient (Wildman–Crippen LogP) is 2.04. The Morgan fingerprint density at radius 1 is 0.733 bits per heavy atom.